The second kappa shape index (κ2) is 6.18. The zero-order valence-electron chi connectivity index (χ0n) is 12.9. The molecule has 1 aromatic carbocycles. The van der Waals surface area contributed by atoms with Gasteiger partial charge in [-0.1, -0.05) is 23.5 Å². The van der Waals surface area contributed by atoms with E-state index in [4.69, 9.17) is 0 Å². The number of carbonyl (C=O) groups excluding carboxylic acids is 1. The van der Waals surface area contributed by atoms with E-state index in [-0.39, 0.29) is 5.91 Å². The van der Waals surface area contributed by atoms with Gasteiger partial charge in [-0.05, 0) is 49.4 Å². The van der Waals surface area contributed by atoms with Gasteiger partial charge in [0.05, 0.1) is 16.6 Å². The Kier molecular flexibility index (Phi) is 4.27. The van der Waals surface area contributed by atoms with Crippen LogP contribution in [0.2, 0.25) is 0 Å². The molecule has 0 spiro atoms. The number of thiazole rings is 1. The fourth-order valence-corrected chi connectivity index (χ4v) is 4.47. The summed E-state index contributed by atoms with van der Waals surface area (Å²) in [5.74, 6) is -0.0782. The van der Waals surface area contributed by atoms with E-state index in [0.717, 1.165) is 16.2 Å². The molecule has 0 aliphatic heterocycles. The van der Waals surface area contributed by atoms with Gasteiger partial charge in [-0.15, -0.1) is 11.3 Å². The van der Waals surface area contributed by atoms with Crippen molar-refractivity contribution < 1.29 is 4.79 Å². The minimum Gasteiger partial charge on any atom is -0.317 e. The second-order valence-electron chi connectivity index (χ2n) is 5.32. The van der Waals surface area contributed by atoms with Gasteiger partial charge in [-0.3, -0.25) is 4.79 Å². The molecule has 0 N–H and O–H groups in total. The lowest BCUT2D eigenvalue weighted by Crippen LogP contribution is -2.16. The first-order valence-corrected chi connectivity index (χ1v) is 8.98. The summed E-state index contributed by atoms with van der Waals surface area (Å²) >= 11 is 3.20. The highest BCUT2D eigenvalue weighted by Crippen LogP contribution is 2.23. The average Bonchev–Trinajstić information content (AvgIpc) is 3.06. The summed E-state index contributed by atoms with van der Waals surface area (Å²) in [6.45, 7) is 7.12. The van der Waals surface area contributed by atoms with E-state index in [1.165, 1.54) is 21.3 Å². The molecule has 0 atom stereocenters. The Labute approximate surface area is 137 Å². The van der Waals surface area contributed by atoms with Crippen LogP contribution in [0.25, 0.3) is 10.2 Å². The highest BCUT2D eigenvalue weighted by molar-refractivity contribution is 7.16. The van der Waals surface area contributed by atoms with Gasteiger partial charge in [0, 0.05) is 11.4 Å². The van der Waals surface area contributed by atoms with Crippen molar-refractivity contribution in [3.05, 3.63) is 50.5 Å². The van der Waals surface area contributed by atoms with Crippen molar-refractivity contribution in [1.82, 2.24) is 4.57 Å². The Morgan fingerprint density at radius 3 is 2.82 bits per heavy atom. The summed E-state index contributed by atoms with van der Waals surface area (Å²) in [6.07, 6.45) is 0.383. The Hall–Kier alpha value is -1.72. The number of aromatic nitrogens is 1. The van der Waals surface area contributed by atoms with E-state index in [2.05, 4.69) is 42.5 Å². The first kappa shape index (κ1) is 15.2. The lowest BCUT2D eigenvalue weighted by Gasteiger charge is -2.03. The molecule has 2 heterocycles. The number of hydrogen-bond donors (Lipinski definition) is 0. The molecule has 0 saturated heterocycles. The zero-order valence-corrected chi connectivity index (χ0v) is 14.6. The third-order valence-corrected chi connectivity index (χ3v) is 5.66. The SMILES string of the molecule is CCn1c(=NC(=O)Cc2cccs2)sc2c(C)cc(C)cc21. The fraction of sp³-hybridized carbons (Fsp3) is 0.294. The molecule has 0 fully saturated rings. The van der Waals surface area contributed by atoms with E-state index in [1.54, 1.807) is 22.7 Å². The summed E-state index contributed by atoms with van der Waals surface area (Å²) in [4.78, 5) is 18.4. The topological polar surface area (TPSA) is 34.4 Å². The maximum atomic E-state index is 12.2. The zero-order chi connectivity index (χ0) is 15.7. The van der Waals surface area contributed by atoms with Crippen LogP contribution in [-0.4, -0.2) is 10.5 Å². The van der Waals surface area contributed by atoms with E-state index < -0.39 is 0 Å². The Morgan fingerprint density at radius 1 is 1.32 bits per heavy atom. The average molecular weight is 330 g/mol. The molecule has 0 saturated carbocycles. The van der Waals surface area contributed by atoms with Crippen LogP contribution in [0.1, 0.15) is 22.9 Å². The normalized spacial score (nSPS) is 12.2. The highest BCUT2D eigenvalue weighted by Gasteiger charge is 2.10. The first-order valence-electron chi connectivity index (χ1n) is 7.29. The van der Waals surface area contributed by atoms with Gasteiger partial charge in [0.2, 0.25) is 0 Å². The van der Waals surface area contributed by atoms with Gasteiger partial charge in [0.1, 0.15) is 0 Å². The molecule has 0 bridgehead atoms. The lowest BCUT2D eigenvalue weighted by atomic mass is 10.1. The van der Waals surface area contributed by atoms with E-state index >= 15 is 0 Å². The summed E-state index contributed by atoms with van der Waals surface area (Å²) in [5.41, 5.74) is 3.66. The van der Waals surface area contributed by atoms with Crippen molar-refractivity contribution >= 4 is 38.8 Å². The molecule has 3 rings (SSSR count). The fourth-order valence-electron chi connectivity index (χ4n) is 2.61. The van der Waals surface area contributed by atoms with E-state index in [1.807, 2.05) is 17.5 Å². The van der Waals surface area contributed by atoms with Crippen LogP contribution in [0.5, 0.6) is 0 Å². The van der Waals surface area contributed by atoms with Gasteiger partial charge >= 0.3 is 0 Å². The maximum absolute atomic E-state index is 12.2. The number of nitrogens with zero attached hydrogens (tertiary/aromatic N) is 2. The number of fused-ring (bicyclic) bond motifs is 1. The van der Waals surface area contributed by atoms with Gasteiger partial charge in [-0.2, -0.15) is 4.99 Å². The number of benzene rings is 1. The van der Waals surface area contributed by atoms with E-state index in [0.29, 0.717) is 6.42 Å². The molecule has 1 amide bonds. The number of amides is 1. The number of hydrogen-bond acceptors (Lipinski definition) is 3. The van der Waals surface area contributed by atoms with Gasteiger partial charge < -0.3 is 4.57 Å². The summed E-state index contributed by atoms with van der Waals surface area (Å²) in [6, 6.07) is 8.29. The quantitative estimate of drug-likeness (QED) is 0.713. The van der Waals surface area contributed by atoms with Crippen LogP contribution in [0.3, 0.4) is 0 Å². The second-order valence-corrected chi connectivity index (χ2v) is 7.33. The molecular weight excluding hydrogens is 312 g/mol. The smallest absolute Gasteiger partial charge is 0.253 e. The predicted octanol–water partition coefficient (Wildman–Crippen LogP) is 4.07. The largest absolute Gasteiger partial charge is 0.317 e. The molecule has 22 heavy (non-hydrogen) atoms. The maximum Gasteiger partial charge on any atom is 0.253 e. The molecule has 2 aromatic heterocycles. The molecule has 0 radical (unpaired) electrons. The van der Waals surface area contributed by atoms with Crippen LogP contribution >= 0.6 is 22.7 Å². The van der Waals surface area contributed by atoms with Crippen molar-refractivity contribution in [2.75, 3.05) is 0 Å². The third-order valence-electron chi connectivity index (χ3n) is 3.56. The summed E-state index contributed by atoms with van der Waals surface area (Å²) in [5, 5.41) is 1.99. The minimum atomic E-state index is -0.0782. The predicted molar refractivity (Wildman–Crippen MR) is 93.6 cm³/mol. The van der Waals surface area contributed by atoms with Crippen molar-refractivity contribution in [2.45, 2.75) is 33.7 Å². The molecule has 3 nitrogen and oxygen atoms in total. The Balaban J connectivity index is 2.08. The number of thiophene rings is 1. The Morgan fingerprint density at radius 2 is 2.14 bits per heavy atom. The molecular formula is C17H18N2OS2. The molecule has 114 valence electrons. The molecule has 0 unspecified atom stereocenters. The molecule has 0 aliphatic carbocycles. The summed E-state index contributed by atoms with van der Waals surface area (Å²) in [7, 11) is 0. The minimum absolute atomic E-state index is 0.0782. The van der Waals surface area contributed by atoms with Crippen LogP contribution in [-0.2, 0) is 17.8 Å². The monoisotopic (exact) mass is 330 g/mol. The van der Waals surface area contributed by atoms with Gasteiger partial charge in [0.25, 0.3) is 5.91 Å². The van der Waals surface area contributed by atoms with Gasteiger partial charge in [-0.25, -0.2) is 0 Å². The lowest BCUT2D eigenvalue weighted by molar-refractivity contribution is -0.117. The number of carbonyl (C=O) groups is 1. The summed E-state index contributed by atoms with van der Waals surface area (Å²) < 4.78 is 3.35. The first-order chi connectivity index (χ1) is 10.6. The molecule has 0 aliphatic rings. The van der Waals surface area contributed by atoms with Crippen LogP contribution in [0.4, 0.5) is 0 Å². The number of aryl methyl sites for hydroxylation is 3. The standard InChI is InChI=1S/C17H18N2OS2/c1-4-19-14-9-11(2)8-12(3)16(14)22-17(19)18-15(20)10-13-6-5-7-21-13/h5-9H,4,10H2,1-3H3. The third kappa shape index (κ3) is 2.91. The van der Waals surface area contributed by atoms with E-state index in [9.17, 15) is 4.79 Å². The van der Waals surface area contributed by atoms with Crippen LogP contribution < -0.4 is 4.80 Å². The van der Waals surface area contributed by atoms with Crippen molar-refractivity contribution in [3.63, 3.8) is 0 Å². The highest BCUT2D eigenvalue weighted by atomic mass is 32.1. The Bertz CT molecular complexity index is 885. The van der Waals surface area contributed by atoms with Crippen LogP contribution in [0.15, 0.2) is 34.6 Å². The molecule has 3 aromatic rings. The van der Waals surface area contributed by atoms with Crippen LogP contribution in [0, 0.1) is 13.8 Å². The van der Waals surface area contributed by atoms with Crippen molar-refractivity contribution in [2.24, 2.45) is 4.99 Å². The van der Waals surface area contributed by atoms with Gasteiger partial charge in [0.15, 0.2) is 4.80 Å². The van der Waals surface area contributed by atoms with Crippen molar-refractivity contribution in [3.8, 4) is 0 Å². The molecule has 5 heteroatoms. The van der Waals surface area contributed by atoms with Crippen molar-refractivity contribution in [1.29, 1.82) is 0 Å². The number of rotatable bonds is 3.